The van der Waals surface area contributed by atoms with Crippen LogP contribution >= 0.6 is 22.7 Å². The van der Waals surface area contributed by atoms with Crippen molar-refractivity contribution in [1.29, 1.82) is 0 Å². The lowest BCUT2D eigenvalue weighted by Gasteiger charge is -1.90. The summed E-state index contributed by atoms with van der Waals surface area (Å²) in [5.74, 6) is -0.249. The number of benzene rings is 2. The van der Waals surface area contributed by atoms with Crippen molar-refractivity contribution in [3.63, 3.8) is 0 Å². The molecule has 2 aromatic carbocycles. The molecule has 6 heteroatoms. The van der Waals surface area contributed by atoms with E-state index in [9.17, 15) is 4.39 Å². The Morgan fingerprint density at radius 1 is 0.950 bits per heavy atom. The average molecular weight is 301 g/mol. The molecule has 20 heavy (non-hydrogen) atoms. The van der Waals surface area contributed by atoms with Gasteiger partial charge in [0.05, 0.1) is 26.1 Å². The number of rotatable bonds is 1. The number of hydrogen-bond donors (Lipinski definition) is 1. The number of nitrogens with two attached hydrogens (primary N) is 1. The van der Waals surface area contributed by atoms with E-state index >= 15 is 0 Å². The quantitative estimate of drug-likeness (QED) is 0.533. The van der Waals surface area contributed by atoms with E-state index in [0.29, 0.717) is 0 Å². The fraction of sp³-hybridized carbons (Fsp3) is 0. The zero-order valence-electron chi connectivity index (χ0n) is 10.1. The minimum atomic E-state index is -0.249. The van der Waals surface area contributed by atoms with Crippen LogP contribution in [0.25, 0.3) is 30.4 Å². The van der Waals surface area contributed by atoms with Crippen LogP contribution in [0.2, 0.25) is 0 Å². The molecule has 0 aliphatic carbocycles. The highest BCUT2D eigenvalue weighted by Crippen LogP contribution is 2.37. The Hall–Kier alpha value is -2.05. The first-order chi connectivity index (χ1) is 9.70. The first kappa shape index (κ1) is 11.7. The summed E-state index contributed by atoms with van der Waals surface area (Å²) in [6.45, 7) is 0. The molecule has 2 heterocycles. The van der Waals surface area contributed by atoms with Gasteiger partial charge >= 0.3 is 0 Å². The maximum Gasteiger partial charge on any atom is 0.153 e. The first-order valence-corrected chi connectivity index (χ1v) is 7.55. The number of aromatic nitrogens is 2. The molecule has 2 aromatic heterocycles. The van der Waals surface area contributed by atoms with Crippen molar-refractivity contribution in [2.24, 2.45) is 0 Å². The van der Waals surface area contributed by atoms with Crippen molar-refractivity contribution in [3.8, 4) is 10.0 Å². The predicted molar refractivity (Wildman–Crippen MR) is 82.6 cm³/mol. The van der Waals surface area contributed by atoms with Crippen molar-refractivity contribution in [3.05, 3.63) is 42.2 Å². The summed E-state index contributed by atoms with van der Waals surface area (Å²) in [7, 11) is 0. The Labute approximate surface area is 121 Å². The Bertz CT molecular complexity index is 942. The molecular weight excluding hydrogens is 293 g/mol. The molecule has 0 unspecified atom stereocenters. The van der Waals surface area contributed by atoms with Gasteiger partial charge in [0.15, 0.2) is 10.0 Å². The molecule has 0 spiro atoms. The standard InChI is InChI=1S/C14H8FN3S2/c15-7-4-5-9-11(6-7)19-13(17-9)14-18-10-3-1-2-8(16)12(10)20-14/h1-6H,16H2. The van der Waals surface area contributed by atoms with Crippen LogP contribution in [0.5, 0.6) is 0 Å². The normalized spacial score (nSPS) is 11.4. The fourth-order valence-corrected chi connectivity index (χ4v) is 4.05. The van der Waals surface area contributed by atoms with E-state index in [2.05, 4.69) is 9.97 Å². The summed E-state index contributed by atoms with van der Waals surface area (Å²) in [5, 5.41) is 1.62. The van der Waals surface area contributed by atoms with Crippen LogP contribution in [0.15, 0.2) is 36.4 Å². The van der Waals surface area contributed by atoms with E-state index in [0.717, 1.165) is 36.1 Å². The number of fused-ring (bicyclic) bond motifs is 2. The van der Waals surface area contributed by atoms with Gasteiger partial charge in [0.2, 0.25) is 0 Å². The van der Waals surface area contributed by atoms with E-state index in [4.69, 9.17) is 5.73 Å². The second-order valence-electron chi connectivity index (χ2n) is 4.35. The third-order valence-electron chi connectivity index (χ3n) is 2.98. The SMILES string of the molecule is Nc1cccc2nc(-c3nc4ccc(F)cc4s3)sc12. The minimum absolute atomic E-state index is 0.249. The third kappa shape index (κ3) is 1.76. The molecule has 0 radical (unpaired) electrons. The van der Waals surface area contributed by atoms with E-state index < -0.39 is 0 Å². The van der Waals surface area contributed by atoms with Gasteiger partial charge in [-0.25, -0.2) is 14.4 Å². The van der Waals surface area contributed by atoms with Gasteiger partial charge in [-0.05, 0) is 30.3 Å². The van der Waals surface area contributed by atoms with Crippen molar-refractivity contribution >= 4 is 48.8 Å². The zero-order valence-corrected chi connectivity index (χ0v) is 11.8. The van der Waals surface area contributed by atoms with E-state index in [1.165, 1.54) is 34.8 Å². The lowest BCUT2D eigenvalue weighted by Crippen LogP contribution is -1.82. The minimum Gasteiger partial charge on any atom is -0.398 e. The lowest BCUT2D eigenvalue weighted by atomic mass is 10.3. The van der Waals surface area contributed by atoms with E-state index in [1.807, 2.05) is 18.2 Å². The van der Waals surface area contributed by atoms with Crippen LogP contribution in [-0.2, 0) is 0 Å². The van der Waals surface area contributed by atoms with Crippen LogP contribution in [0, 0.1) is 5.82 Å². The highest BCUT2D eigenvalue weighted by molar-refractivity contribution is 7.28. The highest BCUT2D eigenvalue weighted by Gasteiger charge is 2.13. The summed E-state index contributed by atoms with van der Waals surface area (Å²) in [6.07, 6.45) is 0. The number of halogens is 1. The lowest BCUT2D eigenvalue weighted by molar-refractivity contribution is 0.630. The smallest absolute Gasteiger partial charge is 0.153 e. The number of nitrogens with zero attached hydrogens (tertiary/aromatic N) is 2. The number of anilines is 1. The van der Waals surface area contributed by atoms with Crippen LogP contribution in [-0.4, -0.2) is 9.97 Å². The number of nitrogen functional groups attached to an aromatic ring is 1. The Morgan fingerprint density at radius 3 is 2.60 bits per heavy atom. The second-order valence-corrected chi connectivity index (χ2v) is 6.38. The summed E-state index contributed by atoms with van der Waals surface area (Å²) in [4.78, 5) is 9.06. The van der Waals surface area contributed by atoms with Gasteiger partial charge in [-0.15, -0.1) is 22.7 Å². The molecule has 0 bridgehead atoms. The molecule has 4 aromatic rings. The van der Waals surface area contributed by atoms with Gasteiger partial charge in [-0.2, -0.15) is 0 Å². The van der Waals surface area contributed by atoms with Crippen LogP contribution in [0.1, 0.15) is 0 Å². The number of hydrogen-bond acceptors (Lipinski definition) is 5. The van der Waals surface area contributed by atoms with Crippen LogP contribution < -0.4 is 5.73 Å². The van der Waals surface area contributed by atoms with E-state index in [1.54, 1.807) is 6.07 Å². The molecule has 0 saturated carbocycles. The molecule has 0 aliphatic heterocycles. The fourth-order valence-electron chi connectivity index (χ4n) is 2.05. The summed E-state index contributed by atoms with van der Waals surface area (Å²) < 4.78 is 15.0. The maximum absolute atomic E-state index is 13.2. The van der Waals surface area contributed by atoms with Crippen LogP contribution in [0.3, 0.4) is 0 Å². The molecular formula is C14H8FN3S2. The highest BCUT2D eigenvalue weighted by atomic mass is 32.1. The molecule has 0 saturated heterocycles. The van der Waals surface area contributed by atoms with Crippen molar-refractivity contribution in [1.82, 2.24) is 9.97 Å². The number of thiazole rings is 2. The molecule has 4 rings (SSSR count). The molecule has 0 fully saturated rings. The Kier molecular flexibility index (Phi) is 2.48. The molecule has 2 N–H and O–H groups in total. The zero-order chi connectivity index (χ0) is 13.7. The predicted octanol–water partition coefficient (Wildman–Crippen LogP) is 4.29. The van der Waals surface area contributed by atoms with Gasteiger partial charge in [-0.3, -0.25) is 0 Å². The van der Waals surface area contributed by atoms with Gasteiger partial charge in [0, 0.05) is 0 Å². The summed E-state index contributed by atoms with van der Waals surface area (Å²) >= 11 is 2.96. The Morgan fingerprint density at radius 2 is 1.75 bits per heavy atom. The van der Waals surface area contributed by atoms with Crippen molar-refractivity contribution in [2.75, 3.05) is 5.73 Å². The largest absolute Gasteiger partial charge is 0.398 e. The molecule has 0 amide bonds. The van der Waals surface area contributed by atoms with Gasteiger partial charge in [0.1, 0.15) is 5.82 Å². The average Bonchev–Trinajstić information content (AvgIpc) is 3.01. The van der Waals surface area contributed by atoms with Crippen molar-refractivity contribution in [2.45, 2.75) is 0 Å². The summed E-state index contributed by atoms with van der Waals surface area (Å²) in [5.41, 5.74) is 8.33. The third-order valence-corrected chi connectivity index (χ3v) is 5.26. The second kappa shape index (κ2) is 4.22. The van der Waals surface area contributed by atoms with E-state index in [-0.39, 0.29) is 5.82 Å². The topological polar surface area (TPSA) is 51.8 Å². The Balaban J connectivity index is 1.94. The van der Waals surface area contributed by atoms with Crippen LogP contribution in [0.4, 0.5) is 10.1 Å². The molecule has 3 nitrogen and oxygen atoms in total. The molecule has 98 valence electrons. The first-order valence-electron chi connectivity index (χ1n) is 5.92. The summed E-state index contributed by atoms with van der Waals surface area (Å²) in [6, 6.07) is 10.3. The molecule has 0 aliphatic rings. The maximum atomic E-state index is 13.2. The monoisotopic (exact) mass is 301 g/mol. The van der Waals surface area contributed by atoms with Gasteiger partial charge in [-0.1, -0.05) is 6.07 Å². The van der Waals surface area contributed by atoms with Gasteiger partial charge in [0.25, 0.3) is 0 Å². The molecule has 0 atom stereocenters. The van der Waals surface area contributed by atoms with Gasteiger partial charge < -0.3 is 5.73 Å². The van der Waals surface area contributed by atoms with Crippen molar-refractivity contribution < 1.29 is 4.39 Å².